The van der Waals surface area contributed by atoms with E-state index in [0.717, 1.165) is 26.2 Å². The van der Waals surface area contributed by atoms with Crippen LogP contribution >= 0.6 is 0 Å². The molecule has 1 aliphatic heterocycles. The van der Waals surface area contributed by atoms with Crippen molar-refractivity contribution in [1.29, 1.82) is 0 Å². The van der Waals surface area contributed by atoms with E-state index in [1.807, 2.05) is 11.8 Å². The normalized spacial score (nSPS) is 22.6. The van der Waals surface area contributed by atoms with E-state index >= 15 is 0 Å². The maximum atomic E-state index is 9.37. The summed E-state index contributed by atoms with van der Waals surface area (Å²) in [5.41, 5.74) is 0. The van der Waals surface area contributed by atoms with Gasteiger partial charge in [0.2, 0.25) is 0 Å². The number of nitrogens with one attached hydrogen (secondary N) is 1. The number of nitrogens with zero attached hydrogens (tertiary/aromatic N) is 1. The van der Waals surface area contributed by atoms with Gasteiger partial charge in [0.15, 0.2) is 0 Å². The first-order chi connectivity index (χ1) is 7.29. The van der Waals surface area contributed by atoms with Gasteiger partial charge in [-0.2, -0.15) is 0 Å². The second-order valence-electron chi connectivity index (χ2n) is 3.31. The van der Waals surface area contributed by atoms with Gasteiger partial charge in [-0.15, -0.1) is 0 Å². The average molecular weight is 220 g/mol. The van der Waals surface area contributed by atoms with Gasteiger partial charge < -0.3 is 25.0 Å². The Balaban J connectivity index is 2.66. The van der Waals surface area contributed by atoms with Crippen LogP contribution in [-0.4, -0.2) is 67.2 Å². The monoisotopic (exact) mass is 220 g/mol. The molecule has 1 unspecified atom stereocenters. The first-order valence-corrected chi connectivity index (χ1v) is 5.24. The fraction of sp³-hybridized carbons (Fsp3) is 1.00. The molecule has 0 aromatic heterocycles. The molecule has 0 aromatic carbocycles. The van der Waals surface area contributed by atoms with E-state index in [1.165, 1.54) is 0 Å². The minimum Gasteiger partial charge on any atom is -0.389 e. The van der Waals surface area contributed by atoms with Gasteiger partial charge in [-0.1, -0.05) is 0 Å². The van der Waals surface area contributed by atoms with Crippen LogP contribution in [0.4, 0.5) is 0 Å². The minimum absolute atomic E-state index is 0.290. The van der Waals surface area contributed by atoms with Crippen molar-refractivity contribution in [3.8, 4) is 0 Å². The van der Waals surface area contributed by atoms with Crippen molar-refractivity contribution in [3.05, 3.63) is 0 Å². The van der Waals surface area contributed by atoms with Crippen LogP contribution in [0, 0.1) is 0 Å². The van der Waals surface area contributed by atoms with Gasteiger partial charge in [0.05, 0.1) is 0 Å². The highest BCUT2D eigenvalue weighted by molar-refractivity contribution is 4.77. The van der Waals surface area contributed by atoms with Crippen molar-refractivity contribution in [1.82, 2.24) is 10.2 Å². The number of ether oxygens (including phenoxy) is 2. The Morgan fingerprint density at radius 2 is 1.93 bits per heavy atom. The highest BCUT2D eigenvalue weighted by Gasteiger charge is 2.39. The highest BCUT2D eigenvalue weighted by Crippen LogP contribution is 2.19. The summed E-state index contributed by atoms with van der Waals surface area (Å²) in [5, 5.41) is 21.4. The first kappa shape index (κ1) is 12.8. The zero-order valence-corrected chi connectivity index (χ0v) is 9.11. The number of rotatable bonds is 6. The molecular weight excluding hydrogens is 200 g/mol. The predicted molar refractivity (Wildman–Crippen MR) is 54.1 cm³/mol. The Morgan fingerprint density at radius 3 is 2.40 bits per heavy atom. The van der Waals surface area contributed by atoms with E-state index < -0.39 is 12.7 Å². The zero-order valence-electron chi connectivity index (χ0n) is 9.11. The van der Waals surface area contributed by atoms with Crippen LogP contribution in [0.25, 0.3) is 0 Å². The Bertz CT molecular complexity index is 167. The molecule has 1 heterocycles. The summed E-state index contributed by atoms with van der Waals surface area (Å²) in [7, 11) is 0. The molecule has 6 nitrogen and oxygen atoms in total. The van der Waals surface area contributed by atoms with E-state index in [1.54, 1.807) is 0 Å². The van der Waals surface area contributed by atoms with E-state index in [9.17, 15) is 5.11 Å². The molecule has 3 N–H and O–H groups in total. The molecule has 0 radical (unpaired) electrons. The van der Waals surface area contributed by atoms with Gasteiger partial charge in [0.1, 0.15) is 13.4 Å². The number of hydrogen-bond donors (Lipinski definition) is 3. The summed E-state index contributed by atoms with van der Waals surface area (Å²) >= 11 is 0. The van der Waals surface area contributed by atoms with Crippen molar-refractivity contribution in [2.75, 3.05) is 46.2 Å². The van der Waals surface area contributed by atoms with Crippen LogP contribution in [0.1, 0.15) is 6.92 Å². The van der Waals surface area contributed by atoms with Crippen LogP contribution in [0.5, 0.6) is 0 Å². The van der Waals surface area contributed by atoms with Crippen molar-refractivity contribution in [2.45, 2.75) is 12.8 Å². The van der Waals surface area contributed by atoms with E-state index in [0.29, 0.717) is 6.61 Å². The Morgan fingerprint density at radius 1 is 1.27 bits per heavy atom. The summed E-state index contributed by atoms with van der Waals surface area (Å²) in [6.07, 6.45) is 0. The number of aliphatic hydroxyl groups is 2. The summed E-state index contributed by atoms with van der Waals surface area (Å²) < 4.78 is 10.6. The minimum atomic E-state index is -1.19. The number of piperazine rings is 1. The molecule has 0 saturated carbocycles. The third kappa shape index (κ3) is 3.10. The summed E-state index contributed by atoms with van der Waals surface area (Å²) in [5.74, 6) is -1.19. The van der Waals surface area contributed by atoms with Crippen molar-refractivity contribution in [3.63, 3.8) is 0 Å². The van der Waals surface area contributed by atoms with Gasteiger partial charge in [-0.3, -0.25) is 0 Å². The molecule has 0 aliphatic carbocycles. The number of aliphatic hydroxyl groups excluding tert-OH is 2. The molecule has 15 heavy (non-hydrogen) atoms. The van der Waals surface area contributed by atoms with Crippen molar-refractivity contribution in [2.24, 2.45) is 0 Å². The molecule has 1 rings (SSSR count). The zero-order chi connectivity index (χ0) is 11.1. The molecule has 90 valence electrons. The third-order valence-electron chi connectivity index (χ3n) is 2.46. The van der Waals surface area contributed by atoms with Gasteiger partial charge in [-0.05, 0) is 6.92 Å². The second-order valence-corrected chi connectivity index (χ2v) is 3.31. The highest BCUT2D eigenvalue weighted by atomic mass is 16.8. The van der Waals surface area contributed by atoms with Crippen LogP contribution in [-0.2, 0) is 9.47 Å². The maximum Gasteiger partial charge on any atom is 0.256 e. The molecule has 1 atom stereocenters. The van der Waals surface area contributed by atoms with Gasteiger partial charge in [0.25, 0.3) is 5.91 Å². The molecule has 1 fully saturated rings. The van der Waals surface area contributed by atoms with Crippen LogP contribution in [0.15, 0.2) is 0 Å². The lowest BCUT2D eigenvalue weighted by molar-refractivity contribution is -0.349. The Hall–Kier alpha value is -0.240. The fourth-order valence-corrected chi connectivity index (χ4v) is 1.75. The van der Waals surface area contributed by atoms with Gasteiger partial charge >= 0.3 is 0 Å². The van der Waals surface area contributed by atoms with E-state index in [4.69, 9.17) is 14.6 Å². The van der Waals surface area contributed by atoms with Gasteiger partial charge in [0, 0.05) is 32.8 Å². The lowest BCUT2D eigenvalue weighted by atomic mass is 10.3. The van der Waals surface area contributed by atoms with E-state index in [2.05, 4.69) is 5.32 Å². The van der Waals surface area contributed by atoms with Crippen molar-refractivity contribution < 1.29 is 19.7 Å². The quantitative estimate of drug-likeness (QED) is 0.475. The smallest absolute Gasteiger partial charge is 0.256 e. The van der Waals surface area contributed by atoms with Crippen LogP contribution in [0.3, 0.4) is 0 Å². The molecule has 0 spiro atoms. The molecule has 0 bridgehead atoms. The molecule has 1 aliphatic rings. The third-order valence-corrected chi connectivity index (χ3v) is 2.46. The maximum absolute atomic E-state index is 9.37. The Kier molecular flexibility index (Phi) is 5.44. The Labute approximate surface area is 89.8 Å². The molecule has 1 saturated heterocycles. The SMILES string of the molecule is CCOC(CO)(OCO)N1CCNCC1. The summed E-state index contributed by atoms with van der Waals surface area (Å²) in [6.45, 7) is 4.58. The molecule has 0 aromatic rings. The topological polar surface area (TPSA) is 74.2 Å². The lowest BCUT2D eigenvalue weighted by Crippen LogP contribution is -2.61. The van der Waals surface area contributed by atoms with Crippen LogP contribution < -0.4 is 5.32 Å². The molecule has 0 amide bonds. The second kappa shape index (κ2) is 6.37. The predicted octanol–water partition coefficient (Wildman–Crippen LogP) is -1.46. The molecule has 6 heteroatoms. The standard InChI is InChI=1S/C9H20N2O4/c1-2-14-9(7-12,15-8-13)11-5-3-10-4-6-11/h10,12-13H,2-8H2,1H3. The lowest BCUT2D eigenvalue weighted by Gasteiger charge is -2.42. The van der Waals surface area contributed by atoms with Gasteiger partial charge in [-0.25, -0.2) is 4.90 Å². The number of hydrogen-bond acceptors (Lipinski definition) is 6. The largest absolute Gasteiger partial charge is 0.389 e. The first-order valence-electron chi connectivity index (χ1n) is 5.24. The molecular formula is C9H20N2O4. The average Bonchev–Trinajstić information content (AvgIpc) is 2.30. The van der Waals surface area contributed by atoms with Crippen LogP contribution in [0.2, 0.25) is 0 Å². The summed E-state index contributed by atoms with van der Waals surface area (Å²) in [4.78, 5) is 1.89. The van der Waals surface area contributed by atoms with Crippen molar-refractivity contribution >= 4 is 0 Å². The van der Waals surface area contributed by atoms with E-state index in [-0.39, 0.29) is 6.61 Å². The fourth-order valence-electron chi connectivity index (χ4n) is 1.75. The summed E-state index contributed by atoms with van der Waals surface area (Å²) in [6, 6.07) is 0.